The number of benzene rings is 2. The van der Waals surface area contributed by atoms with Gasteiger partial charge in [-0.2, -0.15) is 0 Å². The van der Waals surface area contributed by atoms with Gasteiger partial charge in [0.05, 0.1) is 19.2 Å². The van der Waals surface area contributed by atoms with Gasteiger partial charge in [0.25, 0.3) is 0 Å². The van der Waals surface area contributed by atoms with Gasteiger partial charge in [0.15, 0.2) is 0 Å². The van der Waals surface area contributed by atoms with Crippen LogP contribution < -0.4 is 0 Å². The fraction of sp³-hybridized carbons (Fsp3) is 0.273. The van der Waals surface area contributed by atoms with Gasteiger partial charge in [-0.25, -0.2) is 9.18 Å². The number of halogens is 2. The molecule has 3 rings (SSSR count). The number of hydrogen-bond acceptors (Lipinski definition) is 3. The molecular formula is C22H21ClFNO3. The summed E-state index contributed by atoms with van der Waals surface area (Å²) in [5, 5.41) is 0.579. The molecule has 0 bridgehead atoms. The van der Waals surface area contributed by atoms with Crippen LogP contribution in [0, 0.1) is 5.82 Å². The molecule has 1 heterocycles. The molecule has 1 amide bonds. The van der Waals surface area contributed by atoms with Crippen molar-refractivity contribution >= 4 is 23.5 Å². The second-order valence-corrected chi connectivity index (χ2v) is 7.06. The van der Waals surface area contributed by atoms with E-state index in [0.29, 0.717) is 34.8 Å². The summed E-state index contributed by atoms with van der Waals surface area (Å²) in [6.45, 7) is 2.18. The summed E-state index contributed by atoms with van der Waals surface area (Å²) >= 11 is 6.06. The van der Waals surface area contributed by atoms with E-state index in [1.54, 1.807) is 29.2 Å². The number of allylic oxidation sites excluding steroid dienone is 1. The Morgan fingerprint density at radius 2 is 2.00 bits per heavy atom. The first-order valence-corrected chi connectivity index (χ1v) is 9.44. The normalized spacial score (nSPS) is 17.1. The fourth-order valence-electron chi connectivity index (χ4n) is 3.64. The van der Waals surface area contributed by atoms with Crippen LogP contribution in [0.15, 0.2) is 59.8 Å². The van der Waals surface area contributed by atoms with E-state index in [1.165, 1.54) is 19.2 Å². The minimum absolute atomic E-state index is 0.0674. The number of carbonyl (C=O) groups is 2. The molecule has 0 spiro atoms. The standard InChI is InChI=1S/C22H21ClFNO3/c1-3-19-21(22(27)28-2)18(15-7-5-9-17(24)11-15)12-20(26)25(19)13-14-6-4-8-16(23)10-14/h4-11,18H,3,12-13H2,1-2H3. The molecule has 0 aromatic heterocycles. The Hall–Kier alpha value is -2.66. The van der Waals surface area contributed by atoms with E-state index in [2.05, 4.69) is 0 Å². The molecule has 2 aromatic rings. The first-order chi connectivity index (χ1) is 13.4. The van der Waals surface area contributed by atoms with Gasteiger partial charge in [0.1, 0.15) is 5.82 Å². The smallest absolute Gasteiger partial charge is 0.336 e. The van der Waals surface area contributed by atoms with Crippen LogP contribution in [0.4, 0.5) is 4.39 Å². The molecule has 1 unspecified atom stereocenters. The van der Waals surface area contributed by atoms with Crippen molar-refractivity contribution in [3.8, 4) is 0 Å². The number of ether oxygens (including phenoxy) is 1. The minimum atomic E-state index is -0.541. The van der Waals surface area contributed by atoms with E-state index in [-0.39, 0.29) is 12.3 Å². The topological polar surface area (TPSA) is 46.6 Å². The van der Waals surface area contributed by atoms with Crippen LogP contribution in [0.1, 0.15) is 36.8 Å². The minimum Gasteiger partial charge on any atom is -0.466 e. The van der Waals surface area contributed by atoms with Crippen molar-refractivity contribution in [2.24, 2.45) is 0 Å². The van der Waals surface area contributed by atoms with Crippen LogP contribution >= 0.6 is 11.6 Å². The van der Waals surface area contributed by atoms with Gasteiger partial charge in [-0.3, -0.25) is 4.79 Å². The number of esters is 1. The summed E-state index contributed by atoms with van der Waals surface area (Å²) in [4.78, 5) is 27.2. The van der Waals surface area contributed by atoms with Crippen molar-refractivity contribution in [3.05, 3.63) is 81.8 Å². The Kier molecular flexibility index (Phi) is 6.15. The van der Waals surface area contributed by atoms with E-state index in [4.69, 9.17) is 16.3 Å². The van der Waals surface area contributed by atoms with Gasteiger partial charge >= 0.3 is 5.97 Å². The Balaban J connectivity index is 2.08. The average molecular weight is 402 g/mol. The van der Waals surface area contributed by atoms with Gasteiger partial charge in [-0.15, -0.1) is 0 Å². The molecule has 0 saturated carbocycles. The van der Waals surface area contributed by atoms with Crippen LogP contribution in [0.5, 0.6) is 0 Å². The summed E-state index contributed by atoms with van der Waals surface area (Å²) in [6, 6.07) is 13.2. The molecule has 1 aliphatic rings. The highest BCUT2D eigenvalue weighted by atomic mass is 35.5. The van der Waals surface area contributed by atoms with E-state index >= 15 is 0 Å². The molecule has 0 radical (unpaired) electrons. The van der Waals surface area contributed by atoms with Crippen molar-refractivity contribution in [1.82, 2.24) is 4.90 Å². The Bertz CT molecular complexity index is 941. The van der Waals surface area contributed by atoms with E-state index in [0.717, 1.165) is 5.56 Å². The zero-order valence-electron chi connectivity index (χ0n) is 15.7. The van der Waals surface area contributed by atoms with Gasteiger partial charge in [0, 0.05) is 23.1 Å². The number of hydrogen-bond donors (Lipinski definition) is 0. The van der Waals surface area contributed by atoms with Crippen LogP contribution in [0.2, 0.25) is 5.02 Å². The summed E-state index contributed by atoms with van der Waals surface area (Å²) in [7, 11) is 1.31. The lowest BCUT2D eigenvalue weighted by atomic mass is 9.82. The Labute approximate surface area is 168 Å². The van der Waals surface area contributed by atoms with Gasteiger partial charge < -0.3 is 9.64 Å². The highest BCUT2D eigenvalue weighted by Crippen LogP contribution is 2.39. The maximum atomic E-state index is 13.8. The second-order valence-electron chi connectivity index (χ2n) is 6.63. The molecule has 6 heteroatoms. The molecule has 0 N–H and O–H groups in total. The van der Waals surface area contributed by atoms with Crippen molar-refractivity contribution in [2.75, 3.05) is 7.11 Å². The average Bonchev–Trinajstić information content (AvgIpc) is 2.68. The first-order valence-electron chi connectivity index (χ1n) is 9.06. The highest BCUT2D eigenvalue weighted by molar-refractivity contribution is 6.30. The number of nitrogens with zero attached hydrogens (tertiary/aromatic N) is 1. The number of methoxy groups -OCH3 is 1. The SMILES string of the molecule is CCC1=C(C(=O)OC)C(c2cccc(F)c2)CC(=O)N1Cc1cccc(Cl)c1. The second kappa shape index (κ2) is 8.57. The van der Waals surface area contributed by atoms with Crippen LogP contribution in [-0.4, -0.2) is 23.9 Å². The summed E-state index contributed by atoms with van der Waals surface area (Å²) < 4.78 is 18.8. The lowest BCUT2D eigenvalue weighted by Crippen LogP contribution is -2.38. The molecule has 28 heavy (non-hydrogen) atoms. The van der Waals surface area contributed by atoms with Crippen LogP contribution in [-0.2, 0) is 20.9 Å². The van der Waals surface area contributed by atoms with Crippen molar-refractivity contribution in [2.45, 2.75) is 32.2 Å². The van der Waals surface area contributed by atoms with Crippen LogP contribution in [0.25, 0.3) is 0 Å². The van der Waals surface area contributed by atoms with E-state index in [9.17, 15) is 14.0 Å². The van der Waals surface area contributed by atoms with E-state index < -0.39 is 17.7 Å². The molecule has 0 saturated heterocycles. The van der Waals surface area contributed by atoms with Gasteiger partial charge in [-0.05, 0) is 41.8 Å². The molecule has 1 atom stereocenters. The zero-order chi connectivity index (χ0) is 20.3. The monoisotopic (exact) mass is 401 g/mol. The van der Waals surface area contributed by atoms with Crippen LogP contribution in [0.3, 0.4) is 0 Å². The molecule has 0 aliphatic carbocycles. The van der Waals surface area contributed by atoms with Gasteiger partial charge in [-0.1, -0.05) is 42.8 Å². The molecule has 2 aromatic carbocycles. The maximum Gasteiger partial charge on any atom is 0.336 e. The molecule has 146 valence electrons. The summed E-state index contributed by atoms with van der Waals surface area (Å²) in [5.74, 6) is -1.58. The predicted octanol–water partition coefficient (Wildman–Crippen LogP) is 4.83. The Morgan fingerprint density at radius 3 is 2.64 bits per heavy atom. The third-order valence-electron chi connectivity index (χ3n) is 4.89. The highest BCUT2D eigenvalue weighted by Gasteiger charge is 2.37. The summed E-state index contributed by atoms with van der Waals surface area (Å²) in [6.07, 6.45) is 0.528. The number of carbonyl (C=O) groups excluding carboxylic acids is 2. The van der Waals surface area contributed by atoms with E-state index in [1.807, 2.05) is 19.1 Å². The first kappa shape index (κ1) is 20.1. The third kappa shape index (κ3) is 4.09. The number of rotatable bonds is 5. The zero-order valence-corrected chi connectivity index (χ0v) is 16.5. The largest absolute Gasteiger partial charge is 0.466 e. The quantitative estimate of drug-likeness (QED) is 0.674. The maximum absolute atomic E-state index is 13.8. The Morgan fingerprint density at radius 1 is 1.25 bits per heavy atom. The third-order valence-corrected chi connectivity index (χ3v) is 5.12. The summed E-state index contributed by atoms with van der Waals surface area (Å²) in [5.41, 5.74) is 2.44. The lowest BCUT2D eigenvalue weighted by Gasteiger charge is -2.35. The van der Waals surface area contributed by atoms with Crippen molar-refractivity contribution in [1.29, 1.82) is 0 Å². The van der Waals surface area contributed by atoms with Gasteiger partial charge in [0.2, 0.25) is 5.91 Å². The predicted molar refractivity (Wildman–Crippen MR) is 105 cm³/mol. The number of amides is 1. The molecule has 0 fully saturated rings. The van der Waals surface area contributed by atoms with Crippen molar-refractivity contribution < 1.29 is 18.7 Å². The molecular weight excluding hydrogens is 381 g/mol. The molecule has 1 aliphatic heterocycles. The lowest BCUT2D eigenvalue weighted by molar-refractivity contribution is -0.138. The van der Waals surface area contributed by atoms with Crippen molar-refractivity contribution in [3.63, 3.8) is 0 Å². The molecule has 4 nitrogen and oxygen atoms in total. The fourth-order valence-corrected chi connectivity index (χ4v) is 3.86.